The minimum atomic E-state index is -0.273. The van der Waals surface area contributed by atoms with Crippen LogP contribution < -0.4 is 11.3 Å². The molecule has 2 aromatic carbocycles. The quantitative estimate of drug-likeness (QED) is 0.346. The molecule has 0 spiro atoms. The zero-order valence-electron chi connectivity index (χ0n) is 9.95. The fourth-order valence-electron chi connectivity index (χ4n) is 2.36. The van der Waals surface area contributed by atoms with Crippen molar-refractivity contribution in [1.29, 1.82) is 0 Å². The van der Waals surface area contributed by atoms with E-state index in [2.05, 4.69) is 10.4 Å². The van der Waals surface area contributed by atoms with Crippen molar-refractivity contribution in [3.05, 3.63) is 47.5 Å². The summed E-state index contributed by atoms with van der Waals surface area (Å²) in [6.45, 7) is 2.02. The van der Waals surface area contributed by atoms with Gasteiger partial charge in [-0.1, -0.05) is 24.3 Å². The van der Waals surface area contributed by atoms with Crippen LogP contribution in [-0.2, 0) is 0 Å². The Balaban J connectivity index is 2.51. The fraction of sp³-hybridized carbons (Fsp3) is 0.0714. The number of nitrogens with one attached hydrogen (secondary N) is 2. The minimum Gasteiger partial charge on any atom is -0.354 e. The van der Waals surface area contributed by atoms with Gasteiger partial charge in [0.1, 0.15) is 0 Å². The SMILES string of the molecule is Cc1ccc(C(=O)NN)c2c1[nH]c1ccccc12. The van der Waals surface area contributed by atoms with Crippen LogP contribution in [0.5, 0.6) is 0 Å². The van der Waals surface area contributed by atoms with Crippen LogP contribution in [0.3, 0.4) is 0 Å². The summed E-state index contributed by atoms with van der Waals surface area (Å²) in [4.78, 5) is 15.2. The molecule has 0 fully saturated rings. The Bertz CT molecular complexity index is 758. The lowest BCUT2D eigenvalue weighted by Crippen LogP contribution is -2.30. The van der Waals surface area contributed by atoms with Gasteiger partial charge in [-0.2, -0.15) is 0 Å². The van der Waals surface area contributed by atoms with Crippen molar-refractivity contribution in [2.45, 2.75) is 6.92 Å². The van der Waals surface area contributed by atoms with E-state index in [0.29, 0.717) is 5.56 Å². The summed E-state index contributed by atoms with van der Waals surface area (Å²) in [5.41, 5.74) is 5.90. The summed E-state index contributed by atoms with van der Waals surface area (Å²) in [5, 5.41) is 1.96. The third-order valence-electron chi connectivity index (χ3n) is 3.25. The molecular formula is C14H13N3O. The number of hydrogen-bond acceptors (Lipinski definition) is 2. The molecule has 0 aliphatic heterocycles. The normalized spacial score (nSPS) is 11.0. The smallest absolute Gasteiger partial charge is 0.265 e. The maximum atomic E-state index is 11.8. The number of carbonyl (C=O) groups is 1. The van der Waals surface area contributed by atoms with E-state index in [1.54, 1.807) is 6.07 Å². The molecule has 3 rings (SSSR count). The molecule has 0 atom stereocenters. The molecule has 1 aromatic heterocycles. The molecule has 18 heavy (non-hydrogen) atoms. The first-order valence-corrected chi connectivity index (χ1v) is 5.73. The number of nitrogens with two attached hydrogens (primary N) is 1. The molecule has 3 aromatic rings. The van der Waals surface area contributed by atoms with Crippen molar-refractivity contribution < 1.29 is 4.79 Å². The highest BCUT2D eigenvalue weighted by molar-refractivity contribution is 6.18. The first kappa shape index (κ1) is 10.8. The van der Waals surface area contributed by atoms with Gasteiger partial charge in [-0.05, 0) is 24.6 Å². The van der Waals surface area contributed by atoms with Crippen molar-refractivity contribution in [2.75, 3.05) is 0 Å². The number of rotatable bonds is 1. The second-order valence-corrected chi connectivity index (χ2v) is 4.32. The van der Waals surface area contributed by atoms with Crippen LogP contribution in [-0.4, -0.2) is 10.9 Å². The number of benzene rings is 2. The second kappa shape index (κ2) is 3.85. The van der Waals surface area contributed by atoms with Crippen LogP contribution in [0.25, 0.3) is 21.8 Å². The van der Waals surface area contributed by atoms with E-state index in [0.717, 1.165) is 27.4 Å². The Morgan fingerprint density at radius 2 is 2.00 bits per heavy atom. The van der Waals surface area contributed by atoms with Gasteiger partial charge < -0.3 is 4.98 Å². The molecule has 0 aliphatic rings. The lowest BCUT2D eigenvalue weighted by atomic mass is 10.0. The number of fused-ring (bicyclic) bond motifs is 3. The second-order valence-electron chi connectivity index (χ2n) is 4.32. The van der Waals surface area contributed by atoms with E-state index in [4.69, 9.17) is 5.84 Å². The summed E-state index contributed by atoms with van der Waals surface area (Å²) in [6.07, 6.45) is 0. The number of aromatic nitrogens is 1. The third kappa shape index (κ3) is 1.39. The van der Waals surface area contributed by atoms with Crippen LogP contribution in [0.4, 0.5) is 0 Å². The lowest BCUT2D eigenvalue weighted by molar-refractivity contribution is 0.0955. The summed E-state index contributed by atoms with van der Waals surface area (Å²) < 4.78 is 0. The molecule has 0 saturated heterocycles. The van der Waals surface area contributed by atoms with Crippen molar-refractivity contribution >= 4 is 27.7 Å². The molecule has 0 unspecified atom stereocenters. The Labute approximate surface area is 104 Å². The number of aryl methyl sites for hydroxylation is 1. The van der Waals surface area contributed by atoms with Gasteiger partial charge in [0.25, 0.3) is 5.91 Å². The Kier molecular flexibility index (Phi) is 2.31. The number of hydrazine groups is 1. The molecule has 0 aliphatic carbocycles. The standard InChI is InChI=1S/C14H13N3O/c1-8-6-7-10(14(18)17-15)12-9-4-2-3-5-11(9)16-13(8)12/h2-7,16H,15H2,1H3,(H,17,18). The molecule has 4 heteroatoms. The van der Waals surface area contributed by atoms with Crippen molar-refractivity contribution in [1.82, 2.24) is 10.4 Å². The number of amides is 1. The zero-order valence-corrected chi connectivity index (χ0v) is 9.95. The number of nitrogen functional groups attached to an aromatic ring is 1. The van der Waals surface area contributed by atoms with Crippen LogP contribution in [0.15, 0.2) is 36.4 Å². The number of H-pyrrole nitrogens is 1. The van der Waals surface area contributed by atoms with E-state index in [-0.39, 0.29) is 5.91 Å². The first-order valence-electron chi connectivity index (χ1n) is 5.73. The van der Waals surface area contributed by atoms with Gasteiger partial charge in [0, 0.05) is 16.3 Å². The van der Waals surface area contributed by atoms with Gasteiger partial charge >= 0.3 is 0 Å². The summed E-state index contributed by atoms with van der Waals surface area (Å²) in [7, 11) is 0. The topological polar surface area (TPSA) is 70.9 Å². The van der Waals surface area contributed by atoms with Gasteiger partial charge in [-0.3, -0.25) is 10.2 Å². The van der Waals surface area contributed by atoms with Crippen LogP contribution in [0.2, 0.25) is 0 Å². The molecule has 1 heterocycles. The average Bonchev–Trinajstić information content (AvgIpc) is 2.79. The van der Waals surface area contributed by atoms with Gasteiger partial charge in [-0.15, -0.1) is 0 Å². The third-order valence-corrected chi connectivity index (χ3v) is 3.25. The summed E-state index contributed by atoms with van der Waals surface area (Å²) in [6, 6.07) is 11.7. The predicted molar refractivity (Wildman–Crippen MR) is 72.2 cm³/mol. The van der Waals surface area contributed by atoms with Gasteiger partial charge in [0.05, 0.1) is 11.1 Å². The number of carbonyl (C=O) groups excluding carboxylic acids is 1. The van der Waals surface area contributed by atoms with Crippen molar-refractivity contribution in [2.24, 2.45) is 5.84 Å². The highest BCUT2D eigenvalue weighted by atomic mass is 16.2. The van der Waals surface area contributed by atoms with E-state index < -0.39 is 0 Å². The zero-order chi connectivity index (χ0) is 12.7. The molecule has 4 N–H and O–H groups in total. The van der Waals surface area contributed by atoms with E-state index in [1.807, 2.05) is 37.3 Å². The van der Waals surface area contributed by atoms with E-state index >= 15 is 0 Å². The highest BCUT2D eigenvalue weighted by Gasteiger charge is 2.14. The number of hydrogen-bond donors (Lipinski definition) is 3. The number of aromatic amines is 1. The first-order chi connectivity index (χ1) is 8.72. The van der Waals surface area contributed by atoms with Gasteiger partial charge in [0.2, 0.25) is 0 Å². The maximum absolute atomic E-state index is 11.8. The molecule has 0 bridgehead atoms. The maximum Gasteiger partial charge on any atom is 0.265 e. The Hall–Kier alpha value is -2.33. The molecule has 1 amide bonds. The largest absolute Gasteiger partial charge is 0.354 e. The fourth-order valence-corrected chi connectivity index (χ4v) is 2.36. The average molecular weight is 239 g/mol. The monoisotopic (exact) mass is 239 g/mol. The molecular weight excluding hydrogens is 226 g/mol. The summed E-state index contributed by atoms with van der Waals surface area (Å²) in [5.74, 6) is 4.96. The highest BCUT2D eigenvalue weighted by Crippen LogP contribution is 2.30. The van der Waals surface area contributed by atoms with E-state index in [9.17, 15) is 4.79 Å². The van der Waals surface area contributed by atoms with Crippen molar-refractivity contribution in [3.63, 3.8) is 0 Å². The van der Waals surface area contributed by atoms with Gasteiger partial charge in [0.15, 0.2) is 0 Å². The lowest BCUT2D eigenvalue weighted by Gasteiger charge is -2.04. The van der Waals surface area contributed by atoms with Crippen LogP contribution in [0.1, 0.15) is 15.9 Å². The summed E-state index contributed by atoms with van der Waals surface area (Å²) >= 11 is 0. The van der Waals surface area contributed by atoms with Crippen LogP contribution in [0, 0.1) is 6.92 Å². The molecule has 4 nitrogen and oxygen atoms in total. The molecule has 0 radical (unpaired) electrons. The minimum absolute atomic E-state index is 0.273. The van der Waals surface area contributed by atoms with Gasteiger partial charge in [-0.25, -0.2) is 5.84 Å². The molecule has 90 valence electrons. The van der Waals surface area contributed by atoms with Crippen LogP contribution >= 0.6 is 0 Å². The predicted octanol–water partition coefficient (Wildman–Crippen LogP) is 2.23. The van der Waals surface area contributed by atoms with Crippen molar-refractivity contribution in [3.8, 4) is 0 Å². The number of para-hydroxylation sites is 1. The Morgan fingerprint density at radius 3 is 2.78 bits per heavy atom. The Morgan fingerprint density at radius 1 is 1.22 bits per heavy atom. The molecule has 0 saturated carbocycles. The van der Waals surface area contributed by atoms with E-state index in [1.165, 1.54) is 0 Å².